The van der Waals surface area contributed by atoms with Crippen LogP contribution in [0.25, 0.3) is 0 Å². The molecule has 0 aliphatic heterocycles. The van der Waals surface area contributed by atoms with E-state index in [1.165, 1.54) is 24.8 Å². The van der Waals surface area contributed by atoms with Crippen LogP contribution in [0.1, 0.15) is 51.6 Å². The zero-order valence-electron chi connectivity index (χ0n) is 11.8. The van der Waals surface area contributed by atoms with Gasteiger partial charge in [-0.3, -0.25) is 0 Å². The largest absolute Gasteiger partial charge is 0.354 e. The molecule has 0 saturated heterocycles. The van der Waals surface area contributed by atoms with Gasteiger partial charge in [0.05, 0.1) is 0 Å². The highest BCUT2D eigenvalue weighted by Crippen LogP contribution is 2.30. The van der Waals surface area contributed by atoms with Crippen LogP contribution in [-0.2, 0) is 0 Å². The van der Waals surface area contributed by atoms with Gasteiger partial charge in [0.1, 0.15) is 5.82 Å². The average molecular weight is 247 g/mol. The normalized spacial score (nSPS) is 16.6. The summed E-state index contributed by atoms with van der Waals surface area (Å²) in [5.74, 6) is 1.13. The van der Waals surface area contributed by atoms with Crippen molar-refractivity contribution in [3.8, 4) is 0 Å². The number of nitrogens with zero attached hydrogens (tertiary/aromatic N) is 2. The molecule has 1 aromatic rings. The number of nitrogens with one attached hydrogen (secondary N) is 1. The maximum absolute atomic E-state index is 4.63. The fraction of sp³-hybridized carbons (Fsp3) is 0.667. The third-order valence-electron chi connectivity index (χ3n) is 3.59. The molecule has 100 valence electrons. The molecule has 0 bridgehead atoms. The van der Waals surface area contributed by atoms with E-state index in [1.807, 2.05) is 6.20 Å². The smallest absolute Gasteiger partial charge is 0.128 e. The van der Waals surface area contributed by atoms with Crippen LogP contribution >= 0.6 is 0 Å². The molecule has 1 atom stereocenters. The summed E-state index contributed by atoms with van der Waals surface area (Å²) < 4.78 is 0. The predicted molar refractivity (Wildman–Crippen MR) is 77.0 cm³/mol. The molecular formula is C15H25N3. The molecule has 1 aliphatic rings. The molecule has 3 heteroatoms. The standard InChI is InChI=1S/C15H25N3/c1-4-10-16-12(3)13-6-9-15(17-11-13)18(5-2)14-7-8-14/h6,9,11-12,14,16H,4-5,7-8,10H2,1-3H3. The predicted octanol–water partition coefficient (Wildman–Crippen LogP) is 3.13. The van der Waals surface area contributed by atoms with Crippen molar-refractivity contribution in [2.45, 2.75) is 52.1 Å². The highest BCUT2D eigenvalue weighted by molar-refractivity contribution is 5.42. The number of rotatable bonds is 7. The van der Waals surface area contributed by atoms with Crippen LogP contribution in [0.3, 0.4) is 0 Å². The maximum atomic E-state index is 4.63. The van der Waals surface area contributed by atoms with E-state index >= 15 is 0 Å². The van der Waals surface area contributed by atoms with E-state index in [0.717, 1.165) is 24.9 Å². The summed E-state index contributed by atoms with van der Waals surface area (Å²) in [5.41, 5.74) is 1.28. The second-order valence-electron chi connectivity index (χ2n) is 5.14. The molecule has 0 spiro atoms. The molecular weight excluding hydrogens is 222 g/mol. The van der Waals surface area contributed by atoms with E-state index in [9.17, 15) is 0 Å². The fourth-order valence-corrected chi connectivity index (χ4v) is 2.30. The van der Waals surface area contributed by atoms with Gasteiger partial charge >= 0.3 is 0 Å². The summed E-state index contributed by atoms with van der Waals surface area (Å²) in [7, 11) is 0. The zero-order valence-corrected chi connectivity index (χ0v) is 11.8. The quantitative estimate of drug-likeness (QED) is 0.802. The van der Waals surface area contributed by atoms with Crippen molar-refractivity contribution in [2.24, 2.45) is 0 Å². The van der Waals surface area contributed by atoms with Crippen LogP contribution in [0, 0.1) is 0 Å². The van der Waals surface area contributed by atoms with E-state index in [1.54, 1.807) is 0 Å². The Morgan fingerprint density at radius 2 is 2.17 bits per heavy atom. The Bertz CT molecular complexity index is 357. The van der Waals surface area contributed by atoms with Gasteiger partial charge < -0.3 is 10.2 Å². The Morgan fingerprint density at radius 3 is 2.67 bits per heavy atom. The minimum atomic E-state index is 0.391. The van der Waals surface area contributed by atoms with Crippen molar-refractivity contribution < 1.29 is 0 Å². The average Bonchev–Trinajstić information content (AvgIpc) is 3.22. The monoisotopic (exact) mass is 247 g/mol. The van der Waals surface area contributed by atoms with Crippen molar-refractivity contribution in [3.05, 3.63) is 23.9 Å². The third kappa shape index (κ3) is 3.22. The Hall–Kier alpha value is -1.09. The molecule has 1 aromatic heterocycles. The van der Waals surface area contributed by atoms with Crippen molar-refractivity contribution in [1.82, 2.24) is 10.3 Å². The number of hydrogen-bond acceptors (Lipinski definition) is 3. The third-order valence-corrected chi connectivity index (χ3v) is 3.59. The molecule has 3 nitrogen and oxygen atoms in total. The Labute approximate surface area is 111 Å². The van der Waals surface area contributed by atoms with Gasteiger partial charge in [-0.2, -0.15) is 0 Å². The van der Waals surface area contributed by atoms with Gasteiger partial charge in [0.2, 0.25) is 0 Å². The molecule has 1 saturated carbocycles. The fourth-order valence-electron chi connectivity index (χ4n) is 2.30. The van der Waals surface area contributed by atoms with E-state index < -0.39 is 0 Å². The summed E-state index contributed by atoms with van der Waals surface area (Å²) in [6, 6.07) is 5.51. The second kappa shape index (κ2) is 6.19. The van der Waals surface area contributed by atoms with Gasteiger partial charge in [-0.15, -0.1) is 0 Å². The number of anilines is 1. The molecule has 1 fully saturated rings. The van der Waals surface area contributed by atoms with Crippen LogP contribution < -0.4 is 10.2 Å². The van der Waals surface area contributed by atoms with Gasteiger partial charge in [-0.05, 0) is 51.3 Å². The lowest BCUT2D eigenvalue weighted by molar-refractivity contribution is 0.569. The first kappa shape index (κ1) is 13.3. The summed E-state index contributed by atoms with van der Waals surface area (Å²) in [5, 5.41) is 3.49. The summed E-state index contributed by atoms with van der Waals surface area (Å²) in [6.45, 7) is 8.72. The first-order valence-corrected chi connectivity index (χ1v) is 7.22. The van der Waals surface area contributed by atoms with Gasteiger partial charge in [0, 0.05) is 24.8 Å². The van der Waals surface area contributed by atoms with Crippen LogP contribution in [-0.4, -0.2) is 24.1 Å². The van der Waals surface area contributed by atoms with Gasteiger partial charge in [-0.25, -0.2) is 4.98 Å². The van der Waals surface area contributed by atoms with E-state index in [-0.39, 0.29) is 0 Å². The van der Waals surface area contributed by atoms with Crippen molar-refractivity contribution in [1.29, 1.82) is 0 Å². The molecule has 1 aliphatic carbocycles. The Morgan fingerprint density at radius 1 is 1.39 bits per heavy atom. The molecule has 2 rings (SSSR count). The van der Waals surface area contributed by atoms with Crippen molar-refractivity contribution in [2.75, 3.05) is 18.0 Å². The summed E-state index contributed by atoms with van der Waals surface area (Å²) in [4.78, 5) is 7.04. The van der Waals surface area contributed by atoms with Crippen LogP contribution in [0.4, 0.5) is 5.82 Å². The first-order valence-electron chi connectivity index (χ1n) is 7.22. The van der Waals surface area contributed by atoms with Gasteiger partial charge in [-0.1, -0.05) is 13.0 Å². The Kier molecular flexibility index (Phi) is 4.59. The van der Waals surface area contributed by atoms with Gasteiger partial charge in [0.15, 0.2) is 0 Å². The van der Waals surface area contributed by atoms with Crippen molar-refractivity contribution >= 4 is 5.82 Å². The lowest BCUT2D eigenvalue weighted by atomic mass is 10.1. The molecule has 1 N–H and O–H groups in total. The number of pyridine rings is 1. The van der Waals surface area contributed by atoms with Crippen molar-refractivity contribution in [3.63, 3.8) is 0 Å². The lowest BCUT2D eigenvalue weighted by Gasteiger charge is -2.22. The van der Waals surface area contributed by atoms with E-state index in [2.05, 4.69) is 48.1 Å². The topological polar surface area (TPSA) is 28.2 Å². The molecule has 0 radical (unpaired) electrons. The number of hydrogen-bond donors (Lipinski definition) is 1. The summed E-state index contributed by atoms with van der Waals surface area (Å²) in [6.07, 6.45) is 5.84. The molecule has 1 unspecified atom stereocenters. The highest BCUT2D eigenvalue weighted by atomic mass is 15.2. The van der Waals surface area contributed by atoms with Gasteiger partial charge in [0.25, 0.3) is 0 Å². The maximum Gasteiger partial charge on any atom is 0.128 e. The van der Waals surface area contributed by atoms with E-state index in [0.29, 0.717) is 6.04 Å². The minimum absolute atomic E-state index is 0.391. The van der Waals surface area contributed by atoms with Crippen LogP contribution in [0.5, 0.6) is 0 Å². The zero-order chi connectivity index (χ0) is 13.0. The summed E-state index contributed by atoms with van der Waals surface area (Å²) >= 11 is 0. The minimum Gasteiger partial charge on any atom is -0.354 e. The highest BCUT2D eigenvalue weighted by Gasteiger charge is 2.28. The molecule has 1 heterocycles. The molecule has 0 amide bonds. The Balaban J connectivity index is 1.99. The molecule has 0 aromatic carbocycles. The van der Waals surface area contributed by atoms with E-state index in [4.69, 9.17) is 0 Å². The number of aromatic nitrogens is 1. The lowest BCUT2D eigenvalue weighted by Crippen LogP contribution is -2.26. The van der Waals surface area contributed by atoms with Crippen LogP contribution in [0.2, 0.25) is 0 Å². The second-order valence-corrected chi connectivity index (χ2v) is 5.14. The molecule has 18 heavy (non-hydrogen) atoms. The first-order chi connectivity index (χ1) is 8.76. The SMILES string of the molecule is CCCNC(C)c1ccc(N(CC)C2CC2)nc1. The van der Waals surface area contributed by atoms with Crippen LogP contribution in [0.15, 0.2) is 18.3 Å².